The fourth-order valence-electron chi connectivity index (χ4n) is 1.72. The summed E-state index contributed by atoms with van der Waals surface area (Å²) in [6.07, 6.45) is 3.38. The van der Waals surface area contributed by atoms with Gasteiger partial charge in [0.05, 0.1) is 11.7 Å². The van der Waals surface area contributed by atoms with E-state index in [0.29, 0.717) is 11.5 Å². The Bertz CT molecular complexity index is 126. The molecule has 66 valence electrons. The molecule has 0 saturated carbocycles. The minimum atomic E-state index is 0.0318. The Kier molecular flexibility index (Phi) is 2.82. The Morgan fingerprint density at radius 1 is 1.64 bits per heavy atom. The molecule has 1 rings (SSSR count). The van der Waals surface area contributed by atoms with E-state index in [0.717, 1.165) is 19.3 Å². The molecule has 1 aliphatic rings. The van der Waals surface area contributed by atoms with Crippen LogP contribution in [0.4, 0.5) is 0 Å². The summed E-state index contributed by atoms with van der Waals surface area (Å²) in [5.74, 6) is 0. The lowest BCUT2D eigenvalue weighted by Crippen LogP contribution is -2.40. The van der Waals surface area contributed by atoms with Gasteiger partial charge in [0.15, 0.2) is 0 Å². The quantitative estimate of drug-likeness (QED) is 0.559. The van der Waals surface area contributed by atoms with Crippen molar-refractivity contribution >= 4 is 11.6 Å². The van der Waals surface area contributed by atoms with Gasteiger partial charge in [-0.2, -0.15) is 0 Å². The van der Waals surface area contributed by atoms with Gasteiger partial charge in [-0.25, -0.2) is 0 Å². The van der Waals surface area contributed by atoms with Gasteiger partial charge in [0.2, 0.25) is 0 Å². The molecular weight excluding hydrogens is 160 g/mol. The van der Waals surface area contributed by atoms with Crippen LogP contribution in [0.5, 0.6) is 0 Å². The van der Waals surface area contributed by atoms with Gasteiger partial charge in [-0.1, -0.05) is 6.92 Å². The monoisotopic (exact) mass is 176 g/mol. The molecule has 0 bridgehead atoms. The van der Waals surface area contributed by atoms with Crippen LogP contribution in [0.2, 0.25) is 0 Å². The lowest BCUT2D eigenvalue weighted by Gasteiger charge is -2.39. The summed E-state index contributed by atoms with van der Waals surface area (Å²) in [6.45, 7) is 6.40. The summed E-state index contributed by atoms with van der Waals surface area (Å²) in [4.78, 5) is 0. The molecule has 3 unspecified atom stereocenters. The Morgan fingerprint density at radius 2 is 2.27 bits per heavy atom. The van der Waals surface area contributed by atoms with Crippen molar-refractivity contribution in [2.24, 2.45) is 0 Å². The molecule has 1 aliphatic heterocycles. The van der Waals surface area contributed by atoms with Gasteiger partial charge in [-0.05, 0) is 33.1 Å². The van der Waals surface area contributed by atoms with Crippen LogP contribution in [0.15, 0.2) is 0 Å². The maximum atomic E-state index is 6.09. The molecule has 0 aromatic carbocycles. The standard InChI is InChI=1S/C9H17ClO/c1-4-9(3)6-8(10)5-7(2)11-9/h7-8H,4-6H2,1-3H3. The van der Waals surface area contributed by atoms with Gasteiger partial charge in [-0.3, -0.25) is 0 Å². The number of hydrogen-bond acceptors (Lipinski definition) is 1. The van der Waals surface area contributed by atoms with E-state index in [1.165, 1.54) is 0 Å². The van der Waals surface area contributed by atoms with Crippen LogP contribution in [-0.4, -0.2) is 17.1 Å². The van der Waals surface area contributed by atoms with Crippen molar-refractivity contribution in [2.75, 3.05) is 0 Å². The zero-order valence-electron chi connectivity index (χ0n) is 7.56. The highest BCUT2D eigenvalue weighted by molar-refractivity contribution is 6.20. The van der Waals surface area contributed by atoms with E-state index in [-0.39, 0.29) is 5.60 Å². The molecule has 0 aromatic heterocycles. The second kappa shape index (κ2) is 3.32. The summed E-state index contributed by atoms with van der Waals surface area (Å²) in [7, 11) is 0. The molecule has 0 radical (unpaired) electrons. The van der Waals surface area contributed by atoms with E-state index in [4.69, 9.17) is 16.3 Å². The summed E-state index contributed by atoms with van der Waals surface area (Å²) in [5, 5.41) is 0.309. The van der Waals surface area contributed by atoms with Gasteiger partial charge >= 0.3 is 0 Å². The van der Waals surface area contributed by atoms with Crippen LogP contribution in [0.25, 0.3) is 0 Å². The fraction of sp³-hybridized carbons (Fsp3) is 1.00. The third kappa shape index (κ3) is 2.34. The molecule has 0 spiro atoms. The predicted octanol–water partition coefficient (Wildman–Crippen LogP) is 2.96. The van der Waals surface area contributed by atoms with Crippen molar-refractivity contribution in [3.63, 3.8) is 0 Å². The first kappa shape index (κ1) is 9.34. The van der Waals surface area contributed by atoms with Gasteiger partial charge in [0, 0.05) is 5.38 Å². The predicted molar refractivity (Wildman–Crippen MR) is 48.1 cm³/mol. The maximum Gasteiger partial charge on any atom is 0.0669 e. The average molecular weight is 177 g/mol. The van der Waals surface area contributed by atoms with Crippen LogP contribution in [0.1, 0.15) is 40.0 Å². The molecule has 2 heteroatoms. The Morgan fingerprint density at radius 3 is 2.73 bits per heavy atom. The van der Waals surface area contributed by atoms with E-state index in [1.54, 1.807) is 0 Å². The normalized spacial score (nSPS) is 45.8. The molecule has 0 amide bonds. The Balaban J connectivity index is 2.55. The topological polar surface area (TPSA) is 9.23 Å². The molecule has 0 N–H and O–H groups in total. The number of hydrogen-bond donors (Lipinski definition) is 0. The molecule has 1 heterocycles. The van der Waals surface area contributed by atoms with Crippen molar-refractivity contribution in [3.8, 4) is 0 Å². The van der Waals surface area contributed by atoms with Crippen LogP contribution in [-0.2, 0) is 4.74 Å². The number of halogens is 1. The first-order valence-corrected chi connectivity index (χ1v) is 4.81. The van der Waals surface area contributed by atoms with Gasteiger partial charge in [0.1, 0.15) is 0 Å². The summed E-state index contributed by atoms with van der Waals surface area (Å²) in [5.41, 5.74) is 0.0318. The number of ether oxygens (including phenoxy) is 1. The second-order valence-electron chi connectivity index (χ2n) is 3.77. The summed E-state index contributed by atoms with van der Waals surface area (Å²) in [6, 6.07) is 0. The number of rotatable bonds is 1. The van der Waals surface area contributed by atoms with Crippen LogP contribution < -0.4 is 0 Å². The molecule has 1 saturated heterocycles. The average Bonchev–Trinajstić information content (AvgIpc) is 1.84. The fourth-order valence-corrected chi connectivity index (χ4v) is 2.30. The number of alkyl halides is 1. The van der Waals surface area contributed by atoms with Crippen LogP contribution in [0, 0.1) is 0 Å². The van der Waals surface area contributed by atoms with Crippen molar-refractivity contribution in [1.82, 2.24) is 0 Å². The first-order chi connectivity index (χ1) is 5.06. The minimum Gasteiger partial charge on any atom is -0.372 e. The minimum absolute atomic E-state index is 0.0318. The second-order valence-corrected chi connectivity index (χ2v) is 4.39. The lowest BCUT2D eigenvalue weighted by atomic mass is 9.91. The van der Waals surface area contributed by atoms with Crippen LogP contribution in [0.3, 0.4) is 0 Å². The van der Waals surface area contributed by atoms with E-state index in [1.807, 2.05) is 0 Å². The van der Waals surface area contributed by atoms with Gasteiger partial charge in [0.25, 0.3) is 0 Å². The summed E-state index contributed by atoms with van der Waals surface area (Å²) < 4.78 is 5.81. The SMILES string of the molecule is CCC1(C)CC(Cl)CC(C)O1. The smallest absolute Gasteiger partial charge is 0.0669 e. The van der Waals surface area contributed by atoms with Gasteiger partial charge in [-0.15, -0.1) is 11.6 Å². The van der Waals surface area contributed by atoms with Crippen molar-refractivity contribution in [3.05, 3.63) is 0 Å². The first-order valence-electron chi connectivity index (χ1n) is 4.37. The Labute approximate surface area is 74.1 Å². The molecule has 0 aromatic rings. The molecule has 0 aliphatic carbocycles. The molecular formula is C9H17ClO. The van der Waals surface area contributed by atoms with Crippen molar-refractivity contribution < 1.29 is 4.74 Å². The maximum absolute atomic E-state index is 6.09. The van der Waals surface area contributed by atoms with E-state index in [2.05, 4.69) is 20.8 Å². The molecule has 11 heavy (non-hydrogen) atoms. The highest BCUT2D eigenvalue weighted by Gasteiger charge is 2.33. The summed E-state index contributed by atoms with van der Waals surface area (Å²) >= 11 is 6.09. The highest BCUT2D eigenvalue weighted by atomic mass is 35.5. The van der Waals surface area contributed by atoms with Crippen molar-refractivity contribution in [2.45, 2.75) is 57.1 Å². The largest absolute Gasteiger partial charge is 0.372 e. The lowest BCUT2D eigenvalue weighted by molar-refractivity contribution is -0.110. The van der Waals surface area contributed by atoms with E-state index >= 15 is 0 Å². The molecule has 1 nitrogen and oxygen atoms in total. The molecule has 1 fully saturated rings. The highest BCUT2D eigenvalue weighted by Crippen LogP contribution is 2.33. The molecule has 3 atom stereocenters. The Hall–Kier alpha value is 0.250. The van der Waals surface area contributed by atoms with Gasteiger partial charge < -0.3 is 4.74 Å². The third-order valence-corrected chi connectivity index (χ3v) is 2.81. The zero-order valence-corrected chi connectivity index (χ0v) is 8.32. The van der Waals surface area contributed by atoms with E-state index < -0.39 is 0 Å². The zero-order chi connectivity index (χ0) is 8.48. The van der Waals surface area contributed by atoms with Crippen LogP contribution >= 0.6 is 11.6 Å². The van der Waals surface area contributed by atoms with Crippen molar-refractivity contribution in [1.29, 1.82) is 0 Å². The van der Waals surface area contributed by atoms with E-state index in [9.17, 15) is 0 Å². The third-order valence-electron chi connectivity index (χ3n) is 2.47.